The molecule has 4 rings (SSSR count). The maximum atomic E-state index is 12.6. The van der Waals surface area contributed by atoms with Gasteiger partial charge in [0.1, 0.15) is 0 Å². The van der Waals surface area contributed by atoms with Gasteiger partial charge < -0.3 is 9.88 Å². The van der Waals surface area contributed by atoms with Crippen LogP contribution in [0.3, 0.4) is 0 Å². The van der Waals surface area contributed by atoms with E-state index in [2.05, 4.69) is 10.3 Å². The average molecular weight is 301 g/mol. The highest BCUT2D eigenvalue weighted by Crippen LogP contribution is 2.22. The summed E-state index contributed by atoms with van der Waals surface area (Å²) in [7, 11) is 1.94. The minimum Gasteiger partial charge on any atom is -0.350 e. The predicted octanol–water partition coefficient (Wildman–Crippen LogP) is 3.98. The lowest BCUT2D eigenvalue weighted by molar-refractivity contribution is 0.102. The standard InChI is InChI=1S/C19H15N3O/c1-22-12-16(15-6-2-3-7-18(15)22)19(23)21-14-9-8-13-5-4-10-20-17(13)11-14/h2-12H,1H3,(H,21,23). The van der Waals surface area contributed by atoms with Crippen molar-refractivity contribution in [1.29, 1.82) is 0 Å². The molecule has 0 unspecified atom stereocenters. The molecule has 1 N–H and O–H groups in total. The summed E-state index contributed by atoms with van der Waals surface area (Å²) in [5.74, 6) is -0.114. The highest BCUT2D eigenvalue weighted by Gasteiger charge is 2.13. The van der Waals surface area contributed by atoms with E-state index in [1.807, 2.05) is 72.4 Å². The van der Waals surface area contributed by atoms with Crippen molar-refractivity contribution in [3.05, 3.63) is 72.6 Å². The summed E-state index contributed by atoms with van der Waals surface area (Å²) in [6, 6.07) is 17.5. The molecular weight excluding hydrogens is 286 g/mol. The third-order valence-corrected chi connectivity index (χ3v) is 4.01. The van der Waals surface area contributed by atoms with Crippen LogP contribution in [0.2, 0.25) is 0 Å². The predicted molar refractivity (Wildman–Crippen MR) is 92.6 cm³/mol. The van der Waals surface area contributed by atoms with Gasteiger partial charge in [0.05, 0.1) is 11.1 Å². The van der Waals surface area contributed by atoms with E-state index in [9.17, 15) is 4.79 Å². The Bertz CT molecular complexity index is 1030. The van der Waals surface area contributed by atoms with Gasteiger partial charge in [-0.3, -0.25) is 9.78 Å². The number of hydrogen-bond donors (Lipinski definition) is 1. The van der Waals surface area contributed by atoms with Gasteiger partial charge in [0.15, 0.2) is 0 Å². The fourth-order valence-corrected chi connectivity index (χ4v) is 2.87. The molecule has 2 heterocycles. The van der Waals surface area contributed by atoms with Crippen molar-refractivity contribution in [3.63, 3.8) is 0 Å². The number of hydrogen-bond acceptors (Lipinski definition) is 2. The summed E-state index contributed by atoms with van der Waals surface area (Å²) in [6.07, 6.45) is 3.61. The first-order chi connectivity index (χ1) is 11.2. The molecule has 23 heavy (non-hydrogen) atoms. The Kier molecular flexibility index (Phi) is 3.08. The lowest BCUT2D eigenvalue weighted by Crippen LogP contribution is -2.11. The number of nitrogens with zero attached hydrogens (tertiary/aromatic N) is 2. The smallest absolute Gasteiger partial charge is 0.257 e. The van der Waals surface area contributed by atoms with Crippen LogP contribution < -0.4 is 5.32 Å². The maximum Gasteiger partial charge on any atom is 0.257 e. The Balaban J connectivity index is 1.70. The molecule has 4 nitrogen and oxygen atoms in total. The van der Waals surface area contributed by atoms with E-state index in [0.29, 0.717) is 5.56 Å². The molecule has 4 heteroatoms. The summed E-state index contributed by atoms with van der Waals surface area (Å²) in [5.41, 5.74) is 3.32. The number of carbonyl (C=O) groups excluding carboxylic acids is 1. The SMILES string of the molecule is Cn1cc(C(=O)Nc2ccc3cccnc3c2)c2ccccc21. The highest BCUT2D eigenvalue weighted by molar-refractivity contribution is 6.13. The first kappa shape index (κ1) is 13.5. The average Bonchev–Trinajstić information content (AvgIpc) is 2.92. The number of benzene rings is 2. The fraction of sp³-hybridized carbons (Fsp3) is 0.0526. The maximum absolute atomic E-state index is 12.6. The Morgan fingerprint density at radius 2 is 1.96 bits per heavy atom. The van der Waals surface area contributed by atoms with Gasteiger partial charge in [-0.05, 0) is 24.3 Å². The molecule has 1 amide bonds. The van der Waals surface area contributed by atoms with Crippen molar-refractivity contribution in [2.24, 2.45) is 7.05 Å². The zero-order chi connectivity index (χ0) is 15.8. The van der Waals surface area contributed by atoms with Gasteiger partial charge in [-0.15, -0.1) is 0 Å². The lowest BCUT2D eigenvalue weighted by atomic mass is 10.1. The lowest BCUT2D eigenvalue weighted by Gasteiger charge is -2.05. The van der Waals surface area contributed by atoms with Crippen molar-refractivity contribution in [1.82, 2.24) is 9.55 Å². The molecule has 0 radical (unpaired) electrons. The molecule has 4 aromatic rings. The Hall–Kier alpha value is -3.14. The van der Waals surface area contributed by atoms with Crippen molar-refractivity contribution in [2.45, 2.75) is 0 Å². The minimum absolute atomic E-state index is 0.114. The van der Waals surface area contributed by atoms with Crippen LogP contribution in [0.1, 0.15) is 10.4 Å². The third-order valence-electron chi connectivity index (χ3n) is 4.01. The fourth-order valence-electron chi connectivity index (χ4n) is 2.87. The molecule has 0 atom stereocenters. The van der Waals surface area contributed by atoms with Gasteiger partial charge in [0, 0.05) is 41.4 Å². The van der Waals surface area contributed by atoms with Crippen LogP contribution in [0.4, 0.5) is 5.69 Å². The van der Waals surface area contributed by atoms with Crippen LogP contribution >= 0.6 is 0 Å². The quantitative estimate of drug-likeness (QED) is 0.609. The molecule has 0 aliphatic carbocycles. The van der Waals surface area contributed by atoms with Gasteiger partial charge in [-0.25, -0.2) is 0 Å². The first-order valence-corrected chi connectivity index (χ1v) is 7.42. The van der Waals surface area contributed by atoms with Crippen molar-refractivity contribution >= 4 is 33.4 Å². The van der Waals surface area contributed by atoms with E-state index >= 15 is 0 Å². The first-order valence-electron chi connectivity index (χ1n) is 7.42. The number of anilines is 1. The van der Waals surface area contributed by atoms with Crippen LogP contribution in [0.15, 0.2) is 67.0 Å². The van der Waals surface area contributed by atoms with Gasteiger partial charge >= 0.3 is 0 Å². The number of amides is 1. The zero-order valence-electron chi connectivity index (χ0n) is 12.7. The van der Waals surface area contributed by atoms with Gasteiger partial charge in [-0.1, -0.05) is 30.3 Å². The minimum atomic E-state index is -0.114. The highest BCUT2D eigenvalue weighted by atomic mass is 16.1. The monoisotopic (exact) mass is 301 g/mol. The molecular formula is C19H15N3O. The van der Waals surface area contributed by atoms with Gasteiger partial charge in [0.2, 0.25) is 0 Å². The van der Waals surface area contributed by atoms with Crippen molar-refractivity contribution in [3.8, 4) is 0 Å². The largest absolute Gasteiger partial charge is 0.350 e. The Morgan fingerprint density at radius 1 is 1.09 bits per heavy atom. The van der Waals surface area contributed by atoms with E-state index in [-0.39, 0.29) is 5.91 Å². The Morgan fingerprint density at radius 3 is 2.87 bits per heavy atom. The summed E-state index contributed by atoms with van der Waals surface area (Å²) in [6.45, 7) is 0. The topological polar surface area (TPSA) is 46.9 Å². The summed E-state index contributed by atoms with van der Waals surface area (Å²) in [5, 5.41) is 4.97. The summed E-state index contributed by atoms with van der Waals surface area (Å²) >= 11 is 0. The van der Waals surface area contributed by atoms with Gasteiger partial charge in [-0.2, -0.15) is 0 Å². The van der Waals surface area contributed by atoms with E-state index in [4.69, 9.17) is 0 Å². The number of aryl methyl sites for hydroxylation is 1. The van der Waals surface area contributed by atoms with Crippen LogP contribution in [0, 0.1) is 0 Å². The number of nitrogens with one attached hydrogen (secondary N) is 1. The molecule has 0 aliphatic rings. The van der Waals surface area contributed by atoms with Crippen LogP contribution in [0.5, 0.6) is 0 Å². The Labute approximate surface area is 133 Å². The van der Waals surface area contributed by atoms with Crippen LogP contribution in [-0.2, 0) is 7.05 Å². The van der Waals surface area contributed by atoms with E-state index in [1.165, 1.54) is 0 Å². The molecule has 2 aromatic carbocycles. The molecule has 0 bridgehead atoms. The second-order valence-corrected chi connectivity index (χ2v) is 5.54. The number of carbonyl (C=O) groups is 1. The van der Waals surface area contributed by atoms with E-state index in [1.54, 1.807) is 6.20 Å². The molecule has 0 saturated carbocycles. The second-order valence-electron chi connectivity index (χ2n) is 5.54. The number of para-hydroxylation sites is 1. The number of fused-ring (bicyclic) bond motifs is 2. The number of pyridine rings is 1. The zero-order valence-corrected chi connectivity index (χ0v) is 12.7. The van der Waals surface area contributed by atoms with E-state index < -0.39 is 0 Å². The molecule has 0 fully saturated rings. The molecule has 0 saturated heterocycles. The number of rotatable bonds is 2. The van der Waals surface area contributed by atoms with Crippen molar-refractivity contribution < 1.29 is 4.79 Å². The molecule has 0 aliphatic heterocycles. The number of aromatic nitrogens is 2. The molecule has 112 valence electrons. The normalized spacial score (nSPS) is 11.0. The second kappa shape index (κ2) is 5.25. The van der Waals surface area contributed by atoms with Gasteiger partial charge in [0.25, 0.3) is 5.91 Å². The van der Waals surface area contributed by atoms with Crippen molar-refractivity contribution in [2.75, 3.05) is 5.32 Å². The third kappa shape index (κ3) is 2.34. The van der Waals surface area contributed by atoms with Crippen LogP contribution in [-0.4, -0.2) is 15.5 Å². The molecule has 0 spiro atoms. The molecule has 2 aromatic heterocycles. The summed E-state index contributed by atoms with van der Waals surface area (Å²) < 4.78 is 1.96. The van der Waals surface area contributed by atoms with E-state index in [0.717, 1.165) is 27.5 Å². The summed E-state index contributed by atoms with van der Waals surface area (Å²) in [4.78, 5) is 17.0. The van der Waals surface area contributed by atoms with Crippen LogP contribution in [0.25, 0.3) is 21.8 Å².